The van der Waals surface area contributed by atoms with Crippen molar-refractivity contribution in [2.24, 2.45) is 11.0 Å². The number of rotatable bonds is 3. The highest BCUT2D eigenvalue weighted by Gasteiger charge is 2.30. The topological polar surface area (TPSA) is 121 Å². The van der Waals surface area contributed by atoms with Crippen molar-refractivity contribution in [2.75, 3.05) is 23.7 Å². The van der Waals surface area contributed by atoms with Gasteiger partial charge in [0.15, 0.2) is 0 Å². The number of amides is 1. The quantitative estimate of drug-likeness (QED) is 0.469. The Kier molecular flexibility index (Phi) is 3.06. The molecular weight excluding hydrogens is 222 g/mol. The Bertz CT molecular complexity index is 482. The highest BCUT2D eigenvalue weighted by atomic mass is 16.2. The normalized spacial score (nSPS) is 19.2. The molecule has 1 fully saturated rings. The lowest BCUT2D eigenvalue weighted by Crippen LogP contribution is -2.26. The fourth-order valence-corrected chi connectivity index (χ4v) is 1.79. The zero-order valence-corrected chi connectivity index (χ0v) is 9.02. The van der Waals surface area contributed by atoms with Gasteiger partial charge in [-0.2, -0.15) is 4.98 Å². The molecule has 2 N–H and O–H groups in total. The highest BCUT2D eigenvalue weighted by molar-refractivity contribution is 5.94. The molecule has 8 heteroatoms. The van der Waals surface area contributed by atoms with Gasteiger partial charge >= 0.3 is 0 Å². The summed E-state index contributed by atoms with van der Waals surface area (Å²) >= 11 is 0. The zero-order chi connectivity index (χ0) is 12.3. The Balaban J connectivity index is 2.12. The van der Waals surface area contributed by atoms with Crippen molar-refractivity contribution in [1.29, 1.82) is 0 Å². The number of hydrogen-bond donors (Lipinski definition) is 1. The maximum absolute atomic E-state index is 11.7. The van der Waals surface area contributed by atoms with Crippen molar-refractivity contribution in [1.82, 2.24) is 9.97 Å². The maximum atomic E-state index is 11.7. The summed E-state index contributed by atoms with van der Waals surface area (Å²) in [5.74, 6) is 0.621. The van der Waals surface area contributed by atoms with Crippen LogP contribution in [0.1, 0.15) is 6.42 Å². The molecule has 1 atom stereocenters. The van der Waals surface area contributed by atoms with E-state index in [-0.39, 0.29) is 17.8 Å². The van der Waals surface area contributed by atoms with Crippen molar-refractivity contribution in [3.05, 3.63) is 22.7 Å². The molecule has 1 aliphatic rings. The summed E-state index contributed by atoms with van der Waals surface area (Å²) in [4.78, 5) is 23.7. The lowest BCUT2D eigenvalue weighted by molar-refractivity contribution is -0.117. The number of aromatic nitrogens is 2. The fraction of sp³-hybridized carbons (Fsp3) is 0.444. The van der Waals surface area contributed by atoms with Gasteiger partial charge in [0.1, 0.15) is 5.82 Å². The smallest absolute Gasteiger partial charge is 0.228 e. The second kappa shape index (κ2) is 4.67. The predicted octanol–water partition coefficient (Wildman–Crippen LogP) is 0.722. The molecule has 17 heavy (non-hydrogen) atoms. The standard InChI is InChI=1S/C9H11N7O/c10-9-12-2-1-7(14-9)16-5-6(3-8(16)17)4-13-15-11/h1-2,6H,3-5H2,(H2,10,12,14). The molecule has 0 aromatic carbocycles. The average Bonchev–Trinajstić information content (AvgIpc) is 2.68. The van der Waals surface area contributed by atoms with E-state index in [1.807, 2.05) is 0 Å². The summed E-state index contributed by atoms with van der Waals surface area (Å²) in [5.41, 5.74) is 13.7. The molecule has 8 nitrogen and oxygen atoms in total. The van der Waals surface area contributed by atoms with Crippen LogP contribution in [0.2, 0.25) is 0 Å². The second-order valence-electron chi connectivity index (χ2n) is 3.76. The minimum Gasteiger partial charge on any atom is -0.368 e. The van der Waals surface area contributed by atoms with E-state index in [1.165, 1.54) is 11.1 Å². The fourth-order valence-electron chi connectivity index (χ4n) is 1.79. The Hall–Kier alpha value is -2.34. The summed E-state index contributed by atoms with van der Waals surface area (Å²) in [5, 5.41) is 3.48. The van der Waals surface area contributed by atoms with Gasteiger partial charge in [0.2, 0.25) is 11.9 Å². The number of nitrogens with zero attached hydrogens (tertiary/aromatic N) is 6. The van der Waals surface area contributed by atoms with Gasteiger partial charge < -0.3 is 5.73 Å². The number of carbonyl (C=O) groups excluding carboxylic acids is 1. The van der Waals surface area contributed by atoms with Gasteiger partial charge in [-0.05, 0) is 17.5 Å². The van der Waals surface area contributed by atoms with Gasteiger partial charge in [0.05, 0.1) is 0 Å². The van der Waals surface area contributed by atoms with Crippen molar-refractivity contribution >= 4 is 17.7 Å². The molecule has 0 spiro atoms. The summed E-state index contributed by atoms with van der Waals surface area (Å²) < 4.78 is 0. The van der Waals surface area contributed by atoms with Crippen LogP contribution in [0.3, 0.4) is 0 Å². The molecule has 1 aromatic rings. The Labute approximate surface area is 97.1 Å². The van der Waals surface area contributed by atoms with Crippen LogP contribution in [0.4, 0.5) is 11.8 Å². The minimum atomic E-state index is -0.0405. The van der Waals surface area contributed by atoms with Gasteiger partial charge in [-0.1, -0.05) is 5.11 Å². The molecule has 1 unspecified atom stereocenters. The lowest BCUT2D eigenvalue weighted by Gasteiger charge is -2.14. The van der Waals surface area contributed by atoms with E-state index in [0.29, 0.717) is 25.3 Å². The third kappa shape index (κ3) is 2.43. The molecule has 1 aliphatic heterocycles. The van der Waals surface area contributed by atoms with Crippen molar-refractivity contribution in [3.63, 3.8) is 0 Å². The van der Waals surface area contributed by atoms with Crippen LogP contribution < -0.4 is 10.6 Å². The average molecular weight is 233 g/mol. The van der Waals surface area contributed by atoms with Crippen LogP contribution in [-0.2, 0) is 4.79 Å². The number of hydrogen-bond acceptors (Lipinski definition) is 5. The lowest BCUT2D eigenvalue weighted by atomic mass is 10.1. The van der Waals surface area contributed by atoms with Crippen LogP contribution in [0.25, 0.3) is 10.4 Å². The minimum absolute atomic E-state index is 0.0367. The molecular formula is C9H11N7O. The molecule has 0 aliphatic carbocycles. The maximum Gasteiger partial charge on any atom is 0.228 e. The first kappa shape index (κ1) is 11.2. The van der Waals surface area contributed by atoms with E-state index in [9.17, 15) is 4.79 Å². The number of azide groups is 1. The van der Waals surface area contributed by atoms with Crippen LogP contribution in [0.5, 0.6) is 0 Å². The SMILES string of the molecule is [N-]=[N+]=NCC1CC(=O)N(c2ccnc(N)n2)C1. The molecule has 2 heterocycles. The van der Waals surface area contributed by atoms with Crippen LogP contribution >= 0.6 is 0 Å². The van der Waals surface area contributed by atoms with Crippen molar-refractivity contribution in [3.8, 4) is 0 Å². The van der Waals surface area contributed by atoms with Gasteiger partial charge in [0.25, 0.3) is 0 Å². The van der Waals surface area contributed by atoms with Crippen molar-refractivity contribution < 1.29 is 4.79 Å². The Morgan fingerprint density at radius 1 is 1.71 bits per heavy atom. The summed E-state index contributed by atoms with van der Waals surface area (Å²) in [6, 6.07) is 1.63. The van der Waals surface area contributed by atoms with Gasteiger partial charge in [-0.25, -0.2) is 4.98 Å². The van der Waals surface area contributed by atoms with E-state index in [4.69, 9.17) is 11.3 Å². The third-order valence-corrected chi connectivity index (χ3v) is 2.54. The molecule has 0 bridgehead atoms. The first-order valence-corrected chi connectivity index (χ1v) is 5.10. The first-order valence-electron chi connectivity index (χ1n) is 5.10. The molecule has 1 saturated heterocycles. The van der Waals surface area contributed by atoms with E-state index in [2.05, 4.69) is 20.0 Å². The summed E-state index contributed by atoms with van der Waals surface area (Å²) in [6.07, 6.45) is 1.87. The third-order valence-electron chi connectivity index (χ3n) is 2.54. The van der Waals surface area contributed by atoms with E-state index < -0.39 is 0 Å². The Morgan fingerprint density at radius 2 is 2.53 bits per heavy atom. The van der Waals surface area contributed by atoms with Gasteiger partial charge in [0, 0.05) is 30.6 Å². The van der Waals surface area contributed by atoms with Gasteiger partial charge in [-0.15, -0.1) is 0 Å². The number of anilines is 2. The monoisotopic (exact) mass is 233 g/mol. The molecule has 0 saturated carbocycles. The Morgan fingerprint density at radius 3 is 3.24 bits per heavy atom. The summed E-state index contributed by atoms with van der Waals surface area (Å²) in [7, 11) is 0. The van der Waals surface area contributed by atoms with Gasteiger partial charge in [-0.3, -0.25) is 9.69 Å². The molecule has 1 aromatic heterocycles. The second-order valence-corrected chi connectivity index (χ2v) is 3.76. The van der Waals surface area contributed by atoms with Crippen molar-refractivity contribution in [2.45, 2.75) is 6.42 Å². The van der Waals surface area contributed by atoms with E-state index in [1.54, 1.807) is 6.07 Å². The van der Waals surface area contributed by atoms with Crippen LogP contribution in [0, 0.1) is 5.92 Å². The van der Waals surface area contributed by atoms with Crippen LogP contribution in [0.15, 0.2) is 17.4 Å². The molecule has 0 radical (unpaired) electrons. The first-order chi connectivity index (χ1) is 8.20. The zero-order valence-electron chi connectivity index (χ0n) is 9.02. The predicted molar refractivity (Wildman–Crippen MR) is 60.9 cm³/mol. The molecule has 2 rings (SSSR count). The van der Waals surface area contributed by atoms with E-state index in [0.717, 1.165) is 0 Å². The van der Waals surface area contributed by atoms with E-state index >= 15 is 0 Å². The number of nitrogen functional groups attached to an aromatic ring is 1. The highest BCUT2D eigenvalue weighted by Crippen LogP contribution is 2.23. The van der Waals surface area contributed by atoms with Crippen LogP contribution in [-0.4, -0.2) is 29.0 Å². The number of nitrogens with two attached hydrogens (primary N) is 1. The molecule has 88 valence electrons. The summed E-state index contributed by atoms with van der Waals surface area (Å²) in [6.45, 7) is 0.813. The number of carbonyl (C=O) groups is 1. The largest absolute Gasteiger partial charge is 0.368 e. The molecule has 1 amide bonds.